The lowest BCUT2D eigenvalue weighted by Crippen LogP contribution is -2.50. The average molecular weight is 375 g/mol. The van der Waals surface area contributed by atoms with Gasteiger partial charge < -0.3 is 24.5 Å². The highest BCUT2D eigenvalue weighted by atomic mass is 16.5. The van der Waals surface area contributed by atoms with Gasteiger partial charge in [0.2, 0.25) is 0 Å². The first-order chi connectivity index (χ1) is 13.1. The lowest BCUT2D eigenvalue weighted by atomic mass is 10.1. The van der Waals surface area contributed by atoms with E-state index in [9.17, 15) is 4.79 Å². The van der Waals surface area contributed by atoms with Crippen molar-refractivity contribution in [3.05, 3.63) is 29.5 Å². The van der Waals surface area contributed by atoms with Crippen molar-refractivity contribution in [1.82, 2.24) is 9.80 Å². The number of aryl methyl sites for hydroxylation is 2. The van der Waals surface area contributed by atoms with Crippen molar-refractivity contribution in [1.29, 1.82) is 0 Å². The van der Waals surface area contributed by atoms with Gasteiger partial charge in [-0.25, -0.2) is 4.79 Å². The van der Waals surface area contributed by atoms with Crippen LogP contribution in [0.1, 0.15) is 18.2 Å². The molecule has 27 heavy (non-hydrogen) atoms. The van der Waals surface area contributed by atoms with E-state index >= 15 is 0 Å². The van der Waals surface area contributed by atoms with Gasteiger partial charge in [-0.3, -0.25) is 4.90 Å². The number of hydrogen-bond donors (Lipinski definition) is 2. The highest BCUT2D eigenvalue weighted by Gasteiger charge is 2.22. The average Bonchev–Trinajstić information content (AvgIpc) is 3.03. The van der Waals surface area contributed by atoms with Gasteiger partial charge in [0.05, 0.1) is 25.5 Å². The molecule has 2 aromatic rings. The number of rotatable bonds is 7. The molecule has 0 unspecified atom stereocenters. The van der Waals surface area contributed by atoms with E-state index in [-0.39, 0.29) is 12.6 Å². The quantitative estimate of drug-likeness (QED) is 0.727. The van der Waals surface area contributed by atoms with E-state index < -0.39 is 0 Å². The van der Waals surface area contributed by atoms with Crippen LogP contribution in [0, 0.1) is 6.92 Å². The van der Waals surface area contributed by atoms with Crippen LogP contribution in [0.4, 0.5) is 10.5 Å². The number of amides is 2. The number of nitrogens with one attached hydrogen (secondary N) is 1. The predicted octanol–water partition coefficient (Wildman–Crippen LogP) is 2.46. The smallest absolute Gasteiger partial charge is 0.322 e. The number of urea groups is 1. The molecular weight excluding hydrogens is 346 g/mol. The van der Waals surface area contributed by atoms with Gasteiger partial charge in [-0.05, 0) is 18.6 Å². The Morgan fingerprint density at radius 2 is 2.04 bits per heavy atom. The number of furan rings is 1. The van der Waals surface area contributed by atoms with E-state index in [1.165, 1.54) is 0 Å². The number of ether oxygens (including phenoxy) is 1. The SMILES string of the molecule is CCc1oc2c(NC(=O)N3CCN(CCOCCO)CC3)cccc2c1C. The zero-order valence-electron chi connectivity index (χ0n) is 16.2. The topological polar surface area (TPSA) is 78.2 Å². The summed E-state index contributed by atoms with van der Waals surface area (Å²) < 4.78 is 11.3. The van der Waals surface area contributed by atoms with Crippen molar-refractivity contribution in [3.8, 4) is 0 Å². The number of aliphatic hydroxyl groups excluding tert-OH is 1. The molecule has 148 valence electrons. The largest absolute Gasteiger partial charge is 0.459 e. The van der Waals surface area contributed by atoms with Crippen molar-refractivity contribution in [2.45, 2.75) is 20.3 Å². The molecule has 7 heteroatoms. The fourth-order valence-electron chi connectivity index (χ4n) is 3.46. The molecule has 2 heterocycles. The number of hydrogen-bond acceptors (Lipinski definition) is 5. The predicted molar refractivity (Wildman–Crippen MR) is 105 cm³/mol. The standard InChI is InChI=1S/C20H29N3O4/c1-3-18-15(2)16-5-4-6-17(19(16)27-18)21-20(25)23-9-7-22(8-10-23)11-13-26-14-12-24/h4-6,24H,3,7-14H2,1-2H3,(H,21,25). The van der Waals surface area contributed by atoms with Crippen LogP contribution < -0.4 is 5.32 Å². The summed E-state index contributed by atoms with van der Waals surface area (Å²) >= 11 is 0. The molecule has 1 aliphatic rings. The molecule has 1 aliphatic heterocycles. The zero-order chi connectivity index (χ0) is 19.2. The Morgan fingerprint density at radius 3 is 2.74 bits per heavy atom. The van der Waals surface area contributed by atoms with Crippen LogP contribution in [-0.4, -0.2) is 73.5 Å². The van der Waals surface area contributed by atoms with Crippen LogP contribution >= 0.6 is 0 Å². The van der Waals surface area contributed by atoms with Crippen molar-refractivity contribution in [2.24, 2.45) is 0 Å². The first-order valence-electron chi connectivity index (χ1n) is 9.62. The van der Waals surface area contributed by atoms with Gasteiger partial charge in [-0.2, -0.15) is 0 Å². The Hall–Kier alpha value is -2.09. The normalized spacial score (nSPS) is 15.4. The first-order valence-corrected chi connectivity index (χ1v) is 9.62. The highest BCUT2D eigenvalue weighted by molar-refractivity contribution is 6.00. The summed E-state index contributed by atoms with van der Waals surface area (Å²) in [5, 5.41) is 12.8. The van der Waals surface area contributed by atoms with Gasteiger partial charge >= 0.3 is 6.03 Å². The Labute approximate surface area is 159 Å². The van der Waals surface area contributed by atoms with Gasteiger partial charge in [-0.15, -0.1) is 0 Å². The molecule has 0 saturated carbocycles. The fourth-order valence-corrected chi connectivity index (χ4v) is 3.46. The summed E-state index contributed by atoms with van der Waals surface area (Å²) in [4.78, 5) is 16.8. The molecule has 0 bridgehead atoms. The van der Waals surface area contributed by atoms with Crippen LogP contribution in [0.15, 0.2) is 22.6 Å². The minimum Gasteiger partial charge on any atom is -0.459 e. The van der Waals surface area contributed by atoms with Crippen molar-refractivity contribution >= 4 is 22.7 Å². The summed E-state index contributed by atoms with van der Waals surface area (Å²) in [7, 11) is 0. The van der Waals surface area contributed by atoms with Crippen molar-refractivity contribution in [2.75, 3.05) is 57.9 Å². The Balaban J connectivity index is 1.56. The maximum absolute atomic E-state index is 12.7. The summed E-state index contributed by atoms with van der Waals surface area (Å²) in [5.74, 6) is 0.962. The summed E-state index contributed by atoms with van der Waals surface area (Å²) in [6.45, 7) is 8.97. The molecule has 2 N–H and O–H groups in total. The molecule has 0 spiro atoms. The van der Waals surface area contributed by atoms with Crippen molar-refractivity contribution in [3.63, 3.8) is 0 Å². The number of para-hydroxylation sites is 1. The van der Waals surface area contributed by atoms with E-state index in [0.717, 1.165) is 54.0 Å². The third kappa shape index (κ3) is 4.61. The van der Waals surface area contributed by atoms with E-state index in [0.29, 0.717) is 26.3 Å². The molecule has 0 radical (unpaired) electrons. The Bertz CT molecular complexity index is 766. The monoisotopic (exact) mass is 375 g/mol. The van der Waals surface area contributed by atoms with Crippen LogP contribution in [0.25, 0.3) is 11.0 Å². The molecule has 1 aromatic heterocycles. The highest BCUT2D eigenvalue weighted by Crippen LogP contribution is 2.31. The lowest BCUT2D eigenvalue weighted by molar-refractivity contribution is 0.0627. The Kier molecular flexibility index (Phi) is 6.71. The molecule has 3 rings (SSSR count). The second-order valence-corrected chi connectivity index (χ2v) is 6.78. The molecule has 0 atom stereocenters. The first kappa shape index (κ1) is 19.7. The lowest BCUT2D eigenvalue weighted by Gasteiger charge is -2.34. The van der Waals surface area contributed by atoms with Gasteiger partial charge in [0.25, 0.3) is 0 Å². The van der Waals surface area contributed by atoms with Crippen LogP contribution in [0.5, 0.6) is 0 Å². The number of aliphatic hydroxyl groups is 1. The number of benzene rings is 1. The number of carbonyl (C=O) groups is 1. The third-order valence-corrected chi connectivity index (χ3v) is 5.07. The van der Waals surface area contributed by atoms with Gasteiger partial charge in [0.15, 0.2) is 5.58 Å². The minimum atomic E-state index is -0.0919. The molecular formula is C20H29N3O4. The number of fused-ring (bicyclic) bond motifs is 1. The summed E-state index contributed by atoms with van der Waals surface area (Å²) in [5.41, 5.74) is 2.61. The third-order valence-electron chi connectivity index (χ3n) is 5.07. The number of nitrogens with zero attached hydrogens (tertiary/aromatic N) is 2. The van der Waals surface area contributed by atoms with Crippen LogP contribution in [0.2, 0.25) is 0 Å². The number of piperazine rings is 1. The summed E-state index contributed by atoms with van der Waals surface area (Å²) in [6, 6.07) is 5.77. The number of carbonyl (C=O) groups excluding carboxylic acids is 1. The molecule has 1 aromatic carbocycles. The van der Waals surface area contributed by atoms with E-state index in [2.05, 4.69) is 24.1 Å². The van der Waals surface area contributed by atoms with E-state index in [1.807, 2.05) is 23.1 Å². The molecule has 0 aliphatic carbocycles. The zero-order valence-corrected chi connectivity index (χ0v) is 16.2. The maximum Gasteiger partial charge on any atom is 0.322 e. The second kappa shape index (κ2) is 9.21. The minimum absolute atomic E-state index is 0.0512. The molecule has 1 fully saturated rings. The van der Waals surface area contributed by atoms with E-state index in [1.54, 1.807) is 0 Å². The maximum atomic E-state index is 12.7. The van der Waals surface area contributed by atoms with E-state index in [4.69, 9.17) is 14.3 Å². The Morgan fingerprint density at radius 1 is 1.26 bits per heavy atom. The number of anilines is 1. The van der Waals surface area contributed by atoms with Gasteiger partial charge in [-0.1, -0.05) is 19.1 Å². The van der Waals surface area contributed by atoms with Crippen LogP contribution in [-0.2, 0) is 11.2 Å². The fraction of sp³-hybridized carbons (Fsp3) is 0.550. The molecule has 2 amide bonds. The van der Waals surface area contributed by atoms with Gasteiger partial charge in [0.1, 0.15) is 5.76 Å². The summed E-state index contributed by atoms with van der Waals surface area (Å²) in [6.07, 6.45) is 0.831. The molecule has 1 saturated heterocycles. The van der Waals surface area contributed by atoms with Crippen molar-refractivity contribution < 1.29 is 19.1 Å². The van der Waals surface area contributed by atoms with Crippen LogP contribution in [0.3, 0.4) is 0 Å². The van der Waals surface area contributed by atoms with Gasteiger partial charge in [0, 0.05) is 44.5 Å². The second-order valence-electron chi connectivity index (χ2n) is 6.78. The molecule has 7 nitrogen and oxygen atoms in total.